The summed E-state index contributed by atoms with van der Waals surface area (Å²) in [5, 5.41) is 21.1. The van der Waals surface area contributed by atoms with Crippen molar-refractivity contribution in [1.29, 1.82) is 0 Å². The molecule has 0 atom stereocenters. The lowest BCUT2D eigenvalue weighted by molar-refractivity contribution is -0.137. The molecule has 0 amide bonds. The summed E-state index contributed by atoms with van der Waals surface area (Å²) in [7, 11) is 0. The largest absolute Gasteiger partial charge is 0.481 e. The normalized spacial score (nSPS) is 11.9. The van der Waals surface area contributed by atoms with Gasteiger partial charge in [-0.25, -0.2) is 0 Å². The highest BCUT2D eigenvalue weighted by Crippen LogP contribution is 2.20. The van der Waals surface area contributed by atoms with E-state index in [0.717, 1.165) is 5.69 Å². The van der Waals surface area contributed by atoms with E-state index in [4.69, 9.17) is 5.11 Å². The Hall–Kier alpha value is -1.98. The Kier molecular flexibility index (Phi) is 3.02. The molecule has 2 heterocycles. The van der Waals surface area contributed by atoms with Gasteiger partial charge in [-0.05, 0) is 12.1 Å². The molecule has 0 radical (unpaired) electrons. The Morgan fingerprint density at radius 3 is 2.67 bits per heavy atom. The summed E-state index contributed by atoms with van der Waals surface area (Å²) in [6, 6.07) is 3.77. The molecular formula is C12H16N4O2. The number of hydrogen-bond acceptors (Lipinski definition) is 4. The molecule has 18 heavy (non-hydrogen) atoms. The summed E-state index contributed by atoms with van der Waals surface area (Å²) in [4.78, 5) is 10.6. The van der Waals surface area contributed by atoms with E-state index in [9.17, 15) is 4.79 Å². The molecule has 1 N–H and O–H groups in total. The van der Waals surface area contributed by atoms with Crippen LogP contribution in [0.2, 0.25) is 0 Å². The van der Waals surface area contributed by atoms with Crippen LogP contribution in [0.1, 0.15) is 38.7 Å². The van der Waals surface area contributed by atoms with Crippen LogP contribution in [0.15, 0.2) is 12.1 Å². The molecular weight excluding hydrogens is 232 g/mol. The second-order valence-corrected chi connectivity index (χ2v) is 5.25. The van der Waals surface area contributed by atoms with Crippen LogP contribution in [0.3, 0.4) is 0 Å². The summed E-state index contributed by atoms with van der Waals surface area (Å²) >= 11 is 0. The predicted molar refractivity (Wildman–Crippen MR) is 65.4 cm³/mol. The lowest BCUT2D eigenvalue weighted by atomic mass is 9.92. The van der Waals surface area contributed by atoms with E-state index in [2.05, 4.69) is 36.1 Å². The van der Waals surface area contributed by atoms with Crippen molar-refractivity contribution in [2.75, 3.05) is 0 Å². The van der Waals surface area contributed by atoms with E-state index in [1.165, 1.54) is 0 Å². The lowest BCUT2D eigenvalue weighted by Gasteiger charge is -2.17. The van der Waals surface area contributed by atoms with Crippen molar-refractivity contribution in [3.63, 3.8) is 0 Å². The molecule has 0 aliphatic rings. The molecule has 0 bridgehead atoms. The SMILES string of the molecule is CC(C)(C)c1ccc2nnc(CCC(=O)O)n2n1. The monoisotopic (exact) mass is 248 g/mol. The number of aliphatic carboxylic acids is 1. The fourth-order valence-electron chi connectivity index (χ4n) is 1.61. The van der Waals surface area contributed by atoms with Crippen molar-refractivity contribution in [1.82, 2.24) is 19.8 Å². The smallest absolute Gasteiger partial charge is 0.303 e. The first-order valence-corrected chi connectivity index (χ1v) is 5.81. The average molecular weight is 248 g/mol. The maximum absolute atomic E-state index is 10.6. The Morgan fingerprint density at radius 2 is 2.06 bits per heavy atom. The summed E-state index contributed by atoms with van der Waals surface area (Å²) < 4.78 is 1.63. The predicted octanol–water partition coefficient (Wildman–Crippen LogP) is 1.44. The Bertz CT molecular complexity index is 583. The van der Waals surface area contributed by atoms with Crippen LogP contribution in [-0.2, 0) is 16.6 Å². The molecule has 0 aromatic carbocycles. The van der Waals surface area contributed by atoms with Gasteiger partial charge < -0.3 is 5.11 Å². The van der Waals surface area contributed by atoms with Crippen LogP contribution < -0.4 is 0 Å². The van der Waals surface area contributed by atoms with Gasteiger partial charge in [0.1, 0.15) is 0 Å². The van der Waals surface area contributed by atoms with E-state index in [-0.39, 0.29) is 11.8 Å². The van der Waals surface area contributed by atoms with Crippen molar-refractivity contribution < 1.29 is 9.90 Å². The van der Waals surface area contributed by atoms with Gasteiger partial charge in [0, 0.05) is 11.8 Å². The molecule has 6 nitrogen and oxygen atoms in total. The van der Waals surface area contributed by atoms with Crippen LogP contribution in [-0.4, -0.2) is 30.9 Å². The van der Waals surface area contributed by atoms with Crippen molar-refractivity contribution in [2.24, 2.45) is 0 Å². The van der Waals surface area contributed by atoms with Crippen LogP contribution >= 0.6 is 0 Å². The van der Waals surface area contributed by atoms with E-state index in [0.29, 0.717) is 17.9 Å². The number of fused-ring (bicyclic) bond motifs is 1. The van der Waals surface area contributed by atoms with E-state index in [1.807, 2.05) is 12.1 Å². The van der Waals surface area contributed by atoms with E-state index < -0.39 is 5.97 Å². The Morgan fingerprint density at radius 1 is 1.33 bits per heavy atom. The summed E-state index contributed by atoms with van der Waals surface area (Å²) in [6.07, 6.45) is 0.360. The number of carboxylic acids is 1. The standard InChI is InChI=1S/C12H16N4O2/c1-12(2,3)8-4-5-9-13-14-10(16(9)15-8)6-7-11(17)18/h4-5H,6-7H2,1-3H3,(H,17,18). The van der Waals surface area contributed by atoms with Crippen molar-refractivity contribution in [3.8, 4) is 0 Å². The van der Waals surface area contributed by atoms with Crippen molar-refractivity contribution >= 4 is 11.6 Å². The van der Waals surface area contributed by atoms with Crippen LogP contribution in [0.25, 0.3) is 5.65 Å². The van der Waals surface area contributed by atoms with Crippen LogP contribution in [0.4, 0.5) is 0 Å². The minimum atomic E-state index is -0.848. The Labute approximate surface area is 105 Å². The number of aryl methyl sites for hydroxylation is 1. The molecule has 0 saturated heterocycles. The first-order valence-electron chi connectivity index (χ1n) is 5.81. The summed E-state index contributed by atoms with van der Waals surface area (Å²) in [5.41, 5.74) is 1.50. The maximum Gasteiger partial charge on any atom is 0.303 e. The highest BCUT2D eigenvalue weighted by atomic mass is 16.4. The molecule has 0 fully saturated rings. The lowest BCUT2D eigenvalue weighted by Crippen LogP contribution is -2.16. The van der Waals surface area contributed by atoms with Gasteiger partial charge in [-0.15, -0.1) is 10.2 Å². The second-order valence-electron chi connectivity index (χ2n) is 5.25. The average Bonchev–Trinajstić information content (AvgIpc) is 2.67. The first-order chi connectivity index (χ1) is 8.38. The molecule has 2 rings (SSSR count). The number of carbonyl (C=O) groups is 1. The third-order valence-electron chi connectivity index (χ3n) is 2.66. The minimum Gasteiger partial charge on any atom is -0.481 e. The maximum atomic E-state index is 10.6. The third kappa shape index (κ3) is 2.47. The molecule has 0 saturated carbocycles. The van der Waals surface area contributed by atoms with Gasteiger partial charge in [0.25, 0.3) is 0 Å². The molecule has 2 aromatic rings. The zero-order chi connectivity index (χ0) is 13.3. The number of nitrogens with zero attached hydrogens (tertiary/aromatic N) is 4. The van der Waals surface area contributed by atoms with Gasteiger partial charge in [-0.2, -0.15) is 9.61 Å². The van der Waals surface area contributed by atoms with Crippen molar-refractivity contribution in [2.45, 2.75) is 39.0 Å². The van der Waals surface area contributed by atoms with Gasteiger partial charge in [-0.3, -0.25) is 4.79 Å². The molecule has 96 valence electrons. The zero-order valence-electron chi connectivity index (χ0n) is 10.7. The Balaban J connectivity index is 2.40. The molecule has 2 aromatic heterocycles. The molecule has 0 aliphatic heterocycles. The highest BCUT2D eigenvalue weighted by Gasteiger charge is 2.17. The second kappa shape index (κ2) is 4.36. The fraction of sp³-hybridized carbons (Fsp3) is 0.500. The third-order valence-corrected chi connectivity index (χ3v) is 2.66. The molecule has 0 spiro atoms. The number of aromatic nitrogens is 4. The van der Waals surface area contributed by atoms with Gasteiger partial charge in [-0.1, -0.05) is 20.8 Å². The summed E-state index contributed by atoms with van der Waals surface area (Å²) in [5.74, 6) is -0.266. The number of rotatable bonds is 3. The number of carboxylic acid groups (broad SMARTS) is 1. The quantitative estimate of drug-likeness (QED) is 0.888. The molecule has 0 unspecified atom stereocenters. The molecule has 0 aliphatic carbocycles. The van der Waals surface area contributed by atoms with Gasteiger partial charge in [0.05, 0.1) is 12.1 Å². The van der Waals surface area contributed by atoms with Gasteiger partial charge >= 0.3 is 5.97 Å². The minimum absolute atomic E-state index is 0.0300. The van der Waals surface area contributed by atoms with Gasteiger partial charge in [0.15, 0.2) is 11.5 Å². The fourth-order valence-corrected chi connectivity index (χ4v) is 1.61. The van der Waals surface area contributed by atoms with E-state index >= 15 is 0 Å². The zero-order valence-corrected chi connectivity index (χ0v) is 10.7. The summed E-state index contributed by atoms with van der Waals surface area (Å²) in [6.45, 7) is 6.22. The van der Waals surface area contributed by atoms with Crippen molar-refractivity contribution in [3.05, 3.63) is 23.7 Å². The van der Waals surface area contributed by atoms with E-state index in [1.54, 1.807) is 4.52 Å². The van der Waals surface area contributed by atoms with Crippen LogP contribution in [0.5, 0.6) is 0 Å². The number of hydrogen-bond donors (Lipinski definition) is 1. The van der Waals surface area contributed by atoms with Crippen LogP contribution in [0, 0.1) is 0 Å². The topological polar surface area (TPSA) is 80.4 Å². The highest BCUT2D eigenvalue weighted by molar-refractivity contribution is 5.66. The molecule has 6 heteroatoms. The first kappa shape index (κ1) is 12.5. The van der Waals surface area contributed by atoms with Gasteiger partial charge in [0.2, 0.25) is 0 Å².